The predicted molar refractivity (Wildman–Crippen MR) is 124 cm³/mol. The number of fused-ring (bicyclic) bond motifs is 1. The zero-order valence-corrected chi connectivity index (χ0v) is 17.8. The lowest BCUT2D eigenvalue weighted by atomic mass is 10.2. The summed E-state index contributed by atoms with van der Waals surface area (Å²) < 4.78 is 16.5. The maximum atomic E-state index is 14.8. The van der Waals surface area contributed by atoms with Gasteiger partial charge in [0, 0.05) is 49.0 Å². The van der Waals surface area contributed by atoms with Crippen LogP contribution in [0.3, 0.4) is 0 Å². The van der Waals surface area contributed by atoms with E-state index in [1.54, 1.807) is 22.9 Å². The molecule has 5 rings (SSSR count). The van der Waals surface area contributed by atoms with Crippen LogP contribution in [0.4, 0.5) is 21.7 Å². The number of nitrogens with zero attached hydrogens (tertiary/aromatic N) is 4. The Morgan fingerprint density at radius 3 is 2.75 bits per heavy atom. The molecule has 1 fully saturated rings. The van der Waals surface area contributed by atoms with Crippen LogP contribution in [0.2, 0.25) is 5.02 Å². The smallest absolute Gasteiger partial charge is 0.229 e. The van der Waals surface area contributed by atoms with E-state index in [1.165, 1.54) is 12.3 Å². The van der Waals surface area contributed by atoms with Crippen LogP contribution in [-0.2, 0) is 0 Å². The first-order valence-corrected chi connectivity index (χ1v) is 10.6. The second kappa shape index (κ2) is 8.57. The molecule has 1 aliphatic heterocycles. The molecular weight excluding hydrogens is 431 g/mol. The van der Waals surface area contributed by atoms with Gasteiger partial charge in [-0.15, -0.1) is 0 Å². The average Bonchev–Trinajstić information content (AvgIpc) is 3.20. The Hall–Kier alpha value is -3.49. The lowest BCUT2D eigenvalue weighted by molar-refractivity contribution is 0.112. The van der Waals surface area contributed by atoms with Crippen LogP contribution in [0.5, 0.6) is 0 Å². The van der Waals surface area contributed by atoms with E-state index in [0.717, 1.165) is 43.4 Å². The van der Waals surface area contributed by atoms with Crippen molar-refractivity contribution in [3.63, 3.8) is 0 Å². The summed E-state index contributed by atoms with van der Waals surface area (Å²) in [4.78, 5) is 22.3. The topological polar surface area (TPSA) is 75.1 Å². The first-order chi connectivity index (χ1) is 15.6. The summed E-state index contributed by atoms with van der Waals surface area (Å²) in [6, 6.07) is 12.5. The van der Waals surface area contributed by atoms with Crippen LogP contribution in [-0.4, -0.2) is 47.0 Å². The molecule has 162 valence electrons. The van der Waals surface area contributed by atoms with E-state index in [-0.39, 0.29) is 11.8 Å². The van der Waals surface area contributed by atoms with Gasteiger partial charge in [-0.05, 0) is 24.3 Å². The minimum atomic E-state index is -0.307. The van der Waals surface area contributed by atoms with E-state index in [9.17, 15) is 9.18 Å². The monoisotopic (exact) mass is 450 g/mol. The number of benzene rings is 2. The molecule has 0 atom stereocenters. The molecule has 3 heterocycles. The Labute approximate surface area is 188 Å². The third kappa shape index (κ3) is 3.79. The second-order valence-electron chi connectivity index (χ2n) is 7.48. The van der Waals surface area contributed by atoms with Crippen molar-refractivity contribution in [3.05, 3.63) is 71.3 Å². The van der Waals surface area contributed by atoms with Crippen LogP contribution in [0, 0.1) is 5.82 Å². The normalized spacial score (nSPS) is 14.0. The zero-order valence-electron chi connectivity index (χ0n) is 17.1. The molecular formula is C23H20ClFN6O. The van der Waals surface area contributed by atoms with Crippen molar-refractivity contribution in [2.75, 3.05) is 36.4 Å². The van der Waals surface area contributed by atoms with Crippen molar-refractivity contribution in [2.45, 2.75) is 0 Å². The highest BCUT2D eigenvalue weighted by molar-refractivity contribution is 6.32. The lowest BCUT2D eigenvalue weighted by Crippen LogP contribution is -2.43. The summed E-state index contributed by atoms with van der Waals surface area (Å²) in [6.45, 7) is 3.20. The van der Waals surface area contributed by atoms with Crippen LogP contribution in [0.1, 0.15) is 10.4 Å². The summed E-state index contributed by atoms with van der Waals surface area (Å²) in [5.41, 5.74) is 2.44. The van der Waals surface area contributed by atoms with Crippen molar-refractivity contribution in [1.29, 1.82) is 0 Å². The average molecular weight is 451 g/mol. The quantitative estimate of drug-likeness (QED) is 0.444. The van der Waals surface area contributed by atoms with Gasteiger partial charge in [0.2, 0.25) is 5.95 Å². The maximum Gasteiger partial charge on any atom is 0.229 e. The molecule has 0 radical (unpaired) electrons. The van der Waals surface area contributed by atoms with Crippen LogP contribution in [0.25, 0.3) is 16.7 Å². The largest absolute Gasteiger partial charge is 0.367 e. The van der Waals surface area contributed by atoms with Gasteiger partial charge in [-0.3, -0.25) is 9.36 Å². The third-order valence-electron chi connectivity index (χ3n) is 5.49. The van der Waals surface area contributed by atoms with Gasteiger partial charge >= 0.3 is 0 Å². The SMILES string of the molecule is O=Cc1cn(-c2nc(Nc3ccc(N4CCNCC4)c(F)c3)ncc2Cl)c2ccccc12. The maximum absolute atomic E-state index is 14.8. The van der Waals surface area contributed by atoms with Crippen LogP contribution in [0.15, 0.2) is 54.9 Å². The predicted octanol–water partition coefficient (Wildman–Crippen LogP) is 4.18. The molecule has 0 aliphatic carbocycles. The summed E-state index contributed by atoms with van der Waals surface area (Å²) in [5.74, 6) is 0.383. The van der Waals surface area contributed by atoms with Gasteiger partial charge in [0.1, 0.15) is 10.8 Å². The van der Waals surface area contributed by atoms with Gasteiger partial charge in [-0.25, -0.2) is 9.37 Å². The Kier molecular flexibility index (Phi) is 5.46. The molecule has 7 nitrogen and oxygen atoms in total. The fourth-order valence-electron chi connectivity index (χ4n) is 3.94. The fraction of sp³-hybridized carbons (Fsp3) is 0.174. The molecule has 0 unspecified atom stereocenters. The number of carbonyl (C=O) groups excluding carboxylic acids is 1. The second-order valence-corrected chi connectivity index (χ2v) is 7.89. The minimum Gasteiger partial charge on any atom is -0.367 e. The molecule has 32 heavy (non-hydrogen) atoms. The van der Waals surface area contributed by atoms with Crippen LogP contribution < -0.4 is 15.5 Å². The molecule has 2 N–H and O–H groups in total. The molecule has 9 heteroatoms. The summed E-state index contributed by atoms with van der Waals surface area (Å²) in [5, 5.41) is 7.44. The number of halogens is 2. The fourth-order valence-corrected chi connectivity index (χ4v) is 4.12. The number of anilines is 3. The van der Waals surface area contributed by atoms with Gasteiger partial charge in [0.25, 0.3) is 0 Å². The first-order valence-electron chi connectivity index (χ1n) is 10.2. The minimum absolute atomic E-state index is 0.268. The third-order valence-corrected chi connectivity index (χ3v) is 5.75. The van der Waals surface area contributed by atoms with Gasteiger partial charge < -0.3 is 15.5 Å². The summed E-state index contributed by atoms with van der Waals surface area (Å²) in [6.07, 6.45) is 3.97. The Morgan fingerprint density at radius 2 is 1.97 bits per heavy atom. The highest BCUT2D eigenvalue weighted by atomic mass is 35.5. The molecule has 4 aromatic rings. The molecule has 1 saturated heterocycles. The van der Waals surface area contributed by atoms with Crippen molar-refractivity contribution in [3.8, 4) is 5.82 Å². The molecule has 0 saturated carbocycles. The molecule has 1 aliphatic rings. The number of aldehydes is 1. The number of para-hydroxylation sites is 1. The molecule has 0 amide bonds. The molecule has 0 spiro atoms. The van der Waals surface area contributed by atoms with Crippen molar-refractivity contribution in [1.82, 2.24) is 19.9 Å². The van der Waals surface area contributed by atoms with E-state index in [1.807, 2.05) is 29.2 Å². The van der Waals surface area contributed by atoms with Crippen molar-refractivity contribution < 1.29 is 9.18 Å². The Bertz CT molecular complexity index is 1300. The number of hydrogen-bond donors (Lipinski definition) is 2. The van der Waals surface area contributed by atoms with E-state index < -0.39 is 0 Å². The number of nitrogens with one attached hydrogen (secondary N) is 2. The summed E-state index contributed by atoms with van der Waals surface area (Å²) >= 11 is 6.39. The number of aromatic nitrogens is 3. The number of carbonyl (C=O) groups is 1. The highest BCUT2D eigenvalue weighted by Crippen LogP contribution is 2.29. The van der Waals surface area contributed by atoms with E-state index in [4.69, 9.17) is 11.6 Å². The molecule has 0 bridgehead atoms. The van der Waals surface area contributed by atoms with E-state index in [0.29, 0.717) is 27.8 Å². The number of hydrogen-bond acceptors (Lipinski definition) is 6. The Morgan fingerprint density at radius 1 is 1.16 bits per heavy atom. The molecule has 2 aromatic heterocycles. The van der Waals surface area contributed by atoms with Crippen LogP contribution >= 0.6 is 11.6 Å². The van der Waals surface area contributed by atoms with Gasteiger partial charge in [0.15, 0.2) is 12.1 Å². The number of piperazine rings is 1. The number of rotatable bonds is 5. The van der Waals surface area contributed by atoms with E-state index in [2.05, 4.69) is 20.6 Å². The molecule has 2 aromatic carbocycles. The van der Waals surface area contributed by atoms with Crippen molar-refractivity contribution in [2.24, 2.45) is 0 Å². The van der Waals surface area contributed by atoms with Gasteiger partial charge in [-0.1, -0.05) is 29.8 Å². The standard InChI is InChI=1S/C23H20ClFN6O/c24-18-12-27-23(28-16-5-6-21(19(25)11-16)30-9-7-26-8-10-30)29-22(18)31-13-15(14-32)17-3-1-2-4-20(17)31/h1-6,11-14,26H,7-10H2,(H,27,28,29). The lowest BCUT2D eigenvalue weighted by Gasteiger charge is -2.29. The van der Waals surface area contributed by atoms with Crippen molar-refractivity contribution >= 4 is 46.1 Å². The highest BCUT2D eigenvalue weighted by Gasteiger charge is 2.16. The Balaban J connectivity index is 1.46. The van der Waals surface area contributed by atoms with Gasteiger partial charge in [-0.2, -0.15) is 4.98 Å². The van der Waals surface area contributed by atoms with E-state index >= 15 is 0 Å². The summed E-state index contributed by atoms with van der Waals surface area (Å²) in [7, 11) is 0. The van der Waals surface area contributed by atoms with Gasteiger partial charge in [0.05, 0.1) is 17.4 Å². The zero-order chi connectivity index (χ0) is 22.1. The first kappa shape index (κ1) is 20.4.